The number of aryl methyl sites for hydroxylation is 2. The molecule has 7 heteroatoms. The van der Waals surface area contributed by atoms with E-state index in [1.54, 1.807) is 4.68 Å². The van der Waals surface area contributed by atoms with Crippen LogP contribution in [0.3, 0.4) is 0 Å². The maximum Gasteiger partial charge on any atom is 0.249 e. The van der Waals surface area contributed by atoms with E-state index in [-0.39, 0.29) is 11.8 Å². The number of nitrogens with one attached hydrogen (secondary N) is 2. The van der Waals surface area contributed by atoms with E-state index in [1.165, 1.54) is 0 Å². The summed E-state index contributed by atoms with van der Waals surface area (Å²) in [4.78, 5) is 22.7. The summed E-state index contributed by atoms with van der Waals surface area (Å²) in [7, 11) is 0. The number of aromatic nitrogens is 2. The van der Waals surface area contributed by atoms with Crippen molar-refractivity contribution in [2.75, 3.05) is 11.1 Å². The fourth-order valence-electron chi connectivity index (χ4n) is 1.97. The Hall–Kier alpha value is -2.05. The molecule has 18 heavy (non-hydrogen) atoms. The van der Waals surface area contributed by atoms with Gasteiger partial charge in [-0.2, -0.15) is 5.10 Å². The molecule has 7 nitrogen and oxygen atoms in total. The number of nitrogens with two attached hydrogens (primary N) is 1. The molecule has 0 aliphatic carbocycles. The number of hydrogen-bond acceptors (Lipinski definition) is 5. The van der Waals surface area contributed by atoms with Crippen molar-refractivity contribution < 1.29 is 9.59 Å². The van der Waals surface area contributed by atoms with Crippen molar-refractivity contribution in [3.05, 3.63) is 5.69 Å². The van der Waals surface area contributed by atoms with Crippen molar-refractivity contribution >= 4 is 23.3 Å². The molecule has 2 heterocycles. The van der Waals surface area contributed by atoms with Crippen molar-refractivity contribution in [1.82, 2.24) is 15.1 Å². The first-order chi connectivity index (χ1) is 8.52. The van der Waals surface area contributed by atoms with Crippen LogP contribution >= 0.6 is 0 Å². The Kier molecular flexibility index (Phi) is 3.22. The number of imide groups is 1. The van der Waals surface area contributed by atoms with Crippen LogP contribution in [0.25, 0.3) is 0 Å². The molecule has 1 unspecified atom stereocenters. The van der Waals surface area contributed by atoms with E-state index in [4.69, 9.17) is 5.73 Å². The van der Waals surface area contributed by atoms with Gasteiger partial charge in [0.25, 0.3) is 0 Å². The first-order valence-electron chi connectivity index (χ1n) is 5.96. The van der Waals surface area contributed by atoms with Crippen LogP contribution in [0.5, 0.6) is 0 Å². The van der Waals surface area contributed by atoms with Gasteiger partial charge in [0.15, 0.2) is 0 Å². The smallest absolute Gasteiger partial charge is 0.249 e. The van der Waals surface area contributed by atoms with Crippen LogP contribution in [0, 0.1) is 6.92 Å². The monoisotopic (exact) mass is 251 g/mol. The molecule has 1 atom stereocenters. The second-order valence-electron chi connectivity index (χ2n) is 4.31. The summed E-state index contributed by atoms with van der Waals surface area (Å²) in [5.74, 6) is 0.0999. The molecule has 2 rings (SSSR count). The molecule has 1 fully saturated rings. The highest BCUT2D eigenvalue weighted by atomic mass is 16.2. The van der Waals surface area contributed by atoms with E-state index in [9.17, 15) is 9.59 Å². The van der Waals surface area contributed by atoms with Gasteiger partial charge in [-0.05, 0) is 20.3 Å². The molecule has 0 aromatic carbocycles. The highest BCUT2D eigenvalue weighted by Crippen LogP contribution is 2.24. The van der Waals surface area contributed by atoms with E-state index in [0.717, 1.165) is 5.69 Å². The van der Waals surface area contributed by atoms with Gasteiger partial charge < -0.3 is 11.1 Å². The normalized spacial score (nSPS) is 19.8. The zero-order chi connectivity index (χ0) is 13.3. The maximum absolute atomic E-state index is 11.7. The van der Waals surface area contributed by atoms with Crippen LogP contribution in [0.4, 0.5) is 11.5 Å². The zero-order valence-electron chi connectivity index (χ0n) is 10.5. The van der Waals surface area contributed by atoms with Gasteiger partial charge in [0.2, 0.25) is 11.8 Å². The summed E-state index contributed by atoms with van der Waals surface area (Å²) in [6.07, 6.45) is 0.806. The Morgan fingerprint density at radius 2 is 2.28 bits per heavy atom. The minimum absolute atomic E-state index is 0.230. The number of nitrogens with zero attached hydrogens (tertiary/aromatic N) is 2. The summed E-state index contributed by atoms with van der Waals surface area (Å²) in [6.45, 7) is 4.42. The lowest BCUT2D eigenvalue weighted by Crippen LogP contribution is -2.47. The SMILES string of the molecule is CCn1nc(C)c(N)c1NC1CCC(=O)NC1=O. The number of amides is 2. The second kappa shape index (κ2) is 4.67. The molecule has 0 saturated carbocycles. The first kappa shape index (κ1) is 12.4. The molecule has 1 aliphatic rings. The van der Waals surface area contributed by atoms with Gasteiger partial charge in [0.05, 0.1) is 11.4 Å². The molecule has 0 bridgehead atoms. The largest absolute Gasteiger partial charge is 0.394 e. The van der Waals surface area contributed by atoms with E-state index in [1.807, 2.05) is 13.8 Å². The Balaban J connectivity index is 2.19. The van der Waals surface area contributed by atoms with Gasteiger partial charge >= 0.3 is 0 Å². The van der Waals surface area contributed by atoms with Crippen LogP contribution in [0.2, 0.25) is 0 Å². The number of nitrogen functional groups attached to an aromatic ring is 1. The number of carbonyl (C=O) groups excluding carboxylic acids is 2. The number of hydrogen-bond donors (Lipinski definition) is 3. The molecule has 1 aromatic rings. The predicted octanol–water partition coefficient (Wildman–Crippen LogP) is 0.0107. The van der Waals surface area contributed by atoms with E-state index >= 15 is 0 Å². The van der Waals surface area contributed by atoms with Gasteiger partial charge in [0, 0.05) is 13.0 Å². The summed E-state index contributed by atoms with van der Waals surface area (Å²) < 4.78 is 1.72. The highest BCUT2D eigenvalue weighted by molar-refractivity contribution is 6.01. The minimum Gasteiger partial charge on any atom is -0.394 e. The second-order valence-corrected chi connectivity index (χ2v) is 4.31. The van der Waals surface area contributed by atoms with Crippen molar-refractivity contribution in [2.24, 2.45) is 0 Å². The van der Waals surface area contributed by atoms with Crippen LogP contribution in [-0.2, 0) is 16.1 Å². The lowest BCUT2D eigenvalue weighted by molar-refractivity contribution is -0.133. The van der Waals surface area contributed by atoms with Crippen molar-refractivity contribution in [3.8, 4) is 0 Å². The minimum atomic E-state index is -0.439. The third kappa shape index (κ3) is 2.15. The van der Waals surface area contributed by atoms with Crippen LogP contribution < -0.4 is 16.4 Å². The number of anilines is 2. The lowest BCUT2D eigenvalue weighted by Gasteiger charge is -2.23. The topological polar surface area (TPSA) is 102 Å². The standard InChI is InChI=1S/C11H17N5O2/c1-3-16-10(9(12)6(2)15-16)13-7-4-5-8(17)14-11(7)18/h7,13H,3-5,12H2,1-2H3,(H,14,17,18). The number of piperidine rings is 1. The predicted molar refractivity (Wildman–Crippen MR) is 66.8 cm³/mol. The molecular formula is C11H17N5O2. The summed E-state index contributed by atoms with van der Waals surface area (Å²) in [5, 5.41) is 9.64. The van der Waals surface area contributed by atoms with Gasteiger partial charge in [-0.25, -0.2) is 4.68 Å². The fourth-order valence-corrected chi connectivity index (χ4v) is 1.97. The van der Waals surface area contributed by atoms with E-state index < -0.39 is 6.04 Å². The quantitative estimate of drug-likeness (QED) is 0.657. The number of carbonyl (C=O) groups is 2. The third-order valence-electron chi connectivity index (χ3n) is 3.02. The fraction of sp³-hybridized carbons (Fsp3) is 0.545. The summed E-state index contributed by atoms with van der Waals surface area (Å²) in [6, 6.07) is -0.439. The average molecular weight is 251 g/mol. The first-order valence-corrected chi connectivity index (χ1v) is 5.96. The molecular weight excluding hydrogens is 234 g/mol. The van der Waals surface area contributed by atoms with Crippen molar-refractivity contribution in [2.45, 2.75) is 39.3 Å². The molecule has 1 saturated heterocycles. The average Bonchev–Trinajstić information content (AvgIpc) is 2.60. The van der Waals surface area contributed by atoms with Crippen molar-refractivity contribution in [1.29, 1.82) is 0 Å². The Bertz CT molecular complexity index is 494. The Labute approximate surface area is 105 Å². The van der Waals surface area contributed by atoms with E-state index in [2.05, 4.69) is 15.7 Å². The maximum atomic E-state index is 11.7. The molecule has 4 N–H and O–H groups in total. The molecule has 1 aromatic heterocycles. The Morgan fingerprint density at radius 1 is 1.56 bits per heavy atom. The van der Waals surface area contributed by atoms with Crippen molar-refractivity contribution in [3.63, 3.8) is 0 Å². The van der Waals surface area contributed by atoms with E-state index in [0.29, 0.717) is 30.9 Å². The molecule has 1 aliphatic heterocycles. The Morgan fingerprint density at radius 3 is 2.89 bits per heavy atom. The van der Waals surface area contributed by atoms with Gasteiger partial charge in [-0.3, -0.25) is 14.9 Å². The molecule has 0 radical (unpaired) electrons. The third-order valence-corrected chi connectivity index (χ3v) is 3.02. The number of rotatable bonds is 3. The highest BCUT2D eigenvalue weighted by Gasteiger charge is 2.28. The molecule has 2 amide bonds. The van der Waals surface area contributed by atoms with Crippen LogP contribution in [-0.4, -0.2) is 27.6 Å². The van der Waals surface area contributed by atoms with Gasteiger partial charge in [-0.1, -0.05) is 0 Å². The van der Waals surface area contributed by atoms with Crippen LogP contribution in [0.1, 0.15) is 25.5 Å². The van der Waals surface area contributed by atoms with Crippen LogP contribution in [0.15, 0.2) is 0 Å². The zero-order valence-corrected chi connectivity index (χ0v) is 10.5. The summed E-state index contributed by atoms with van der Waals surface area (Å²) >= 11 is 0. The lowest BCUT2D eigenvalue weighted by atomic mass is 10.1. The van der Waals surface area contributed by atoms with Gasteiger partial charge in [-0.15, -0.1) is 0 Å². The van der Waals surface area contributed by atoms with Gasteiger partial charge in [0.1, 0.15) is 11.9 Å². The molecule has 0 spiro atoms. The summed E-state index contributed by atoms with van der Waals surface area (Å²) in [5.41, 5.74) is 7.20. The molecule has 98 valence electrons.